The number of piperidine rings is 1. The maximum Gasteiger partial charge on any atom is 0.155 e. The van der Waals surface area contributed by atoms with Crippen molar-refractivity contribution in [2.45, 2.75) is 32.2 Å². The van der Waals surface area contributed by atoms with Crippen LogP contribution in [-0.2, 0) is 0 Å². The molecule has 1 atom stereocenters. The number of nitrogens with zero attached hydrogens (tertiary/aromatic N) is 2. The van der Waals surface area contributed by atoms with E-state index in [1.54, 1.807) is 6.07 Å². The molecule has 0 aliphatic carbocycles. The molecule has 4 aromatic rings. The van der Waals surface area contributed by atoms with Crippen molar-refractivity contribution in [1.82, 2.24) is 4.98 Å². The zero-order valence-corrected chi connectivity index (χ0v) is 15.3. The molecule has 1 aliphatic rings. The van der Waals surface area contributed by atoms with Crippen LogP contribution in [0.3, 0.4) is 0 Å². The minimum Gasteiger partial charge on any atom is -0.454 e. The number of aromatic nitrogens is 1. The van der Waals surface area contributed by atoms with Gasteiger partial charge in [-0.2, -0.15) is 0 Å². The third-order valence-electron chi connectivity index (χ3n) is 5.53. The highest BCUT2D eigenvalue weighted by atomic mass is 19.1. The lowest BCUT2D eigenvalue weighted by Gasteiger charge is -2.36. The Morgan fingerprint density at radius 2 is 1.93 bits per heavy atom. The van der Waals surface area contributed by atoms with Crippen LogP contribution in [-0.4, -0.2) is 17.6 Å². The first kappa shape index (κ1) is 16.3. The molecule has 0 unspecified atom stereocenters. The molecule has 2 aromatic carbocycles. The summed E-state index contributed by atoms with van der Waals surface area (Å²) >= 11 is 0. The van der Waals surface area contributed by atoms with E-state index in [0.29, 0.717) is 17.4 Å². The van der Waals surface area contributed by atoms with Gasteiger partial charge in [0.15, 0.2) is 5.76 Å². The van der Waals surface area contributed by atoms with Gasteiger partial charge < -0.3 is 9.32 Å². The fourth-order valence-electron chi connectivity index (χ4n) is 4.09. The molecule has 27 heavy (non-hydrogen) atoms. The molecular formula is C23H21FN2O. The second-order valence-electron chi connectivity index (χ2n) is 7.38. The average molecular weight is 360 g/mol. The van der Waals surface area contributed by atoms with E-state index in [4.69, 9.17) is 9.40 Å². The monoisotopic (exact) mass is 360 g/mol. The number of hydrogen-bond acceptors (Lipinski definition) is 3. The second-order valence-corrected chi connectivity index (χ2v) is 7.38. The topological polar surface area (TPSA) is 29.3 Å². The van der Waals surface area contributed by atoms with Crippen molar-refractivity contribution < 1.29 is 8.81 Å². The van der Waals surface area contributed by atoms with Gasteiger partial charge in [-0.1, -0.05) is 18.2 Å². The summed E-state index contributed by atoms with van der Waals surface area (Å²) in [6, 6.07) is 17.3. The quantitative estimate of drug-likeness (QED) is 0.428. The molecule has 136 valence electrons. The Morgan fingerprint density at radius 1 is 1.04 bits per heavy atom. The number of benzene rings is 2. The van der Waals surface area contributed by atoms with Crippen molar-refractivity contribution in [1.29, 1.82) is 0 Å². The van der Waals surface area contributed by atoms with E-state index in [1.165, 1.54) is 31.4 Å². The normalized spacial score (nSPS) is 17.7. The van der Waals surface area contributed by atoms with E-state index in [9.17, 15) is 4.39 Å². The van der Waals surface area contributed by atoms with Crippen LogP contribution in [0.25, 0.3) is 33.3 Å². The maximum atomic E-state index is 13.6. The summed E-state index contributed by atoms with van der Waals surface area (Å²) in [5.74, 6) is 0.431. The summed E-state index contributed by atoms with van der Waals surface area (Å²) < 4.78 is 19.7. The van der Waals surface area contributed by atoms with Gasteiger partial charge in [0.25, 0.3) is 0 Å². The molecule has 0 N–H and O–H groups in total. The molecule has 4 heteroatoms. The molecule has 5 rings (SSSR count). The van der Waals surface area contributed by atoms with E-state index in [2.05, 4.69) is 24.0 Å². The number of hydrogen-bond donors (Lipinski definition) is 0. The third-order valence-corrected chi connectivity index (χ3v) is 5.53. The summed E-state index contributed by atoms with van der Waals surface area (Å²) in [5, 5.41) is 1.88. The van der Waals surface area contributed by atoms with Crippen LogP contribution in [0.15, 0.2) is 59.0 Å². The highest BCUT2D eigenvalue weighted by Crippen LogP contribution is 2.38. The van der Waals surface area contributed by atoms with Crippen molar-refractivity contribution in [3.63, 3.8) is 0 Å². The molecule has 0 bridgehead atoms. The van der Waals surface area contributed by atoms with Crippen LogP contribution in [0, 0.1) is 5.82 Å². The van der Waals surface area contributed by atoms with Crippen molar-refractivity contribution >= 4 is 27.6 Å². The van der Waals surface area contributed by atoms with Crippen molar-refractivity contribution in [2.24, 2.45) is 0 Å². The molecule has 0 spiro atoms. The first-order valence-electron chi connectivity index (χ1n) is 9.55. The summed E-state index contributed by atoms with van der Waals surface area (Å²) in [6.07, 6.45) is 3.62. The first-order valence-corrected chi connectivity index (χ1v) is 9.55. The minimum atomic E-state index is -0.258. The number of rotatable bonds is 2. The van der Waals surface area contributed by atoms with E-state index in [-0.39, 0.29) is 5.82 Å². The Morgan fingerprint density at radius 3 is 2.81 bits per heavy atom. The molecule has 1 saturated heterocycles. The molecule has 1 aliphatic heterocycles. The summed E-state index contributed by atoms with van der Waals surface area (Å²) in [6.45, 7) is 3.29. The fourth-order valence-corrected chi connectivity index (χ4v) is 4.09. The van der Waals surface area contributed by atoms with Gasteiger partial charge in [0.05, 0.1) is 11.2 Å². The third kappa shape index (κ3) is 2.85. The standard InChI is InChI=1S/C23H21FN2O/c1-15-6-4-5-11-26(15)20-13-16-7-2-3-8-19(16)25-23(20)22-14-17-12-18(24)9-10-21(17)27-22/h2-3,7-10,12-15H,4-6,11H2,1H3/t15-/m0/s1. The first-order chi connectivity index (χ1) is 13.2. The molecule has 1 fully saturated rings. The van der Waals surface area contributed by atoms with E-state index in [0.717, 1.165) is 34.2 Å². The van der Waals surface area contributed by atoms with Gasteiger partial charge in [0.1, 0.15) is 17.1 Å². The maximum absolute atomic E-state index is 13.6. The average Bonchev–Trinajstić information content (AvgIpc) is 3.10. The second kappa shape index (κ2) is 6.38. The number of para-hydroxylation sites is 1. The van der Waals surface area contributed by atoms with Gasteiger partial charge >= 0.3 is 0 Å². The molecule has 3 nitrogen and oxygen atoms in total. The van der Waals surface area contributed by atoms with Gasteiger partial charge in [-0.15, -0.1) is 0 Å². The van der Waals surface area contributed by atoms with Gasteiger partial charge in [-0.3, -0.25) is 0 Å². The summed E-state index contributed by atoms with van der Waals surface area (Å²) in [4.78, 5) is 7.38. The van der Waals surface area contributed by atoms with Gasteiger partial charge in [0, 0.05) is 23.4 Å². The van der Waals surface area contributed by atoms with E-state index in [1.807, 2.05) is 24.3 Å². The van der Waals surface area contributed by atoms with Gasteiger partial charge in [-0.25, -0.2) is 9.37 Å². The molecule has 3 heterocycles. The number of halogens is 1. The van der Waals surface area contributed by atoms with Crippen molar-refractivity contribution in [3.8, 4) is 11.5 Å². The Bertz CT molecular complexity index is 1130. The minimum absolute atomic E-state index is 0.258. The van der Waals surface area contributed by atoms with Crippen LogP contribution < -0.4 is 4.90 Å². The Hall–Kier alpha value is -2.88. The lowest BCUT2D eigenvalue weighted by Crippen LogP contribution is -2.37. The number of pyridine rings is 1. The highest BCUT2D eigenvalue weighted by Gasteiger charge is 2.24. The number of fused-ring (bicyclic) bond motifs is 2. The lowest BCUT2D eigenvalue weighted by molar-refractivity contribution is 0.484. The fraction of sp³-hybridized carbons (Fsp3) is 0.261. The van der Waals surface area contributed by atoms with Crippen molar-refractivity contribution in [3.05, 3.63) is 60.4 Å². The summed E-state index contributed by atoms with van der Waals surface area (Å²) in [7, 11) is 0. The zero-order valence-electron chi connectivity index (χ0n) is 15.3. The molecule has 0 saturated carbocycles. The van der Waals surface area contributed by atoms with E-state index >= 15 is 0 Å². The Labute approximate surface area is 157 Å². The molecule has 0 amide bonds. The molecule has 2 aromatic heterocycles. The van der Waals surface area contributed by atoms with Crippen LogP contribution in [0.4, 0.5) is 10.1 Å². The van der Waals surface area contributed by atoms with E-state index < -0.39 is 0 Å². The highest BCUT2D eigenvalue weighted by molar-refractivity contribution is 5.91. The van der Waals surface area contributed by atoms with Crippen LogP contribution in [0.5, 0.6) is 0 Å². The smallest absolute Gasteiger partial charge is 0.155 e. The van der Waals surface area contributed by atoms with Crippen LogP contribution in [0.1, 0.15) is 26.2 Å². The predicted octanol–water partition coefficient (Wildman–Crippen LogP) is 6.17. The van der Waals surface area contributed by atoms with Crippen LogP contribution in [0.2, 0.25) is 0 Å². The van der Waals surface area contributed by atoms with Crippen molar-refractivity contribution in [2.75, 3.05) is 11.4 Å². The number of furan rings is 1. The molecular weight excluding hydrogens is 339 g/mol. The Balaban J connectivity index is 1.74. The Kier molecular flexibility index (Phi) is 3.85. The zero-order chi connectivity index (χ0) is 18.4. The predicted molar refractivity (Wildman–Crippen MR) is 108 cm³/mol. The largest absolute Gasteiger partial charge is 0.454 e. The lowest BCUT2D eigenvalue weighted by atomic mass is 10.0. The summed E-state index contributed by atoms with van der Waals surface area (Å²) in [5.41, 5.74) is 3.55. The van der Waals surface area contributed by atoms with Gasteiger partial charge in [0.2, 0.25) is 0 Å². The van der Waals surface area contributed by atoms with Gasteiger partial charge in [-0.05, 0) is 62.6 Å². The van der Waals surface area contributed by atoms with Crippen LogP contribution >= 0.6 is 0 Å². The molecule has 0 radical (unpaired) electrons. The SMILES string of the molecule is C[C@H]1CCCCN1c1cc2ccccc2nc1-c1cc2cc(F)ccc2o1. The number of anilines is 1.